The molecule has 0 fully saturated rings. The van der Waals surface area contributed by atoms with Gasteiger partial charge in [-0.05, 0) is 64.8 Å². The van der Waals surface area contributed by atoms with E-state index in [9.17, 15) is 0 Å². The predicted molar refractivity (Wildman–Crippen MR) is 83.9 cm³/mol. The van der Waals surface area contributed by atoms with Gasteiger partial charge in [0.1, 0.15) is 0 Å². The van der Waals surface area contributed by atoms with Crippen molar-refractivity contribution >= 4 is 33.5 Å². The highest BCUT2D eigenvalue weighted by Gasteiger charge is 2.20. The molecule has 4 rings (SSSR count). The molecule has 0 bridgehead atoms. The van der Waals surface area contributed by atoms with Crippen molar-refractivity contribution in [1.29, 1.82) is 0 Å². The zero-order valence-corrected chi connectivity index (χ0v) is 12.0. The molecule has 1 aliphatic rings. The molecule has 0 unspecified atom stereocenters. The van der Waals surface area contributed by atoms with Gasteiger partial charge < -0.3 is 4.98 Å². The summed E-state index contributed by atoms with van der Waals surface area (Å²) >= 11 is 2.39. The fraction of sp³-hybridized carbons (Fsp3) is 0.125. The van der Waals surface area contributed by atoms with E-state index in [4.69, 9.17) is 0 Å². The van der Waals surface area contributed by atoms with E-state index >= 15 is 0 Å². The molecule has 1 aliphatic carbocycles. The predicted octanol–water partition coefficient (Wildman–Crippen LogP) is 4.54. The van der Waals surface area contributed by atoms with Crippen LogP contribution in [0.3, 0.4) is 0 Å². The molecule has 3 aromatic rings. The standard InChI is InChI=1S/C16H12IN/c17-11-6-8-14-13(9-11)16-12-4-2-1-3-10(12)5-7-15(16)18-14/h1-4,6,8-9,18H,5,7H2. The van der Waals surface area contributed by atoms with Crippen molar-refractivity contribution in [2.45, 2.75) is 12.8 Å². The Morgan fingerprint density at radius 1 is 1.00 bits per heavy atom. The summed E-state index contributed by atoms with van der Waals surface area (Å²) < 4.78 is 1.30. The number of aryl methyl sites for hydroxylation is 2. The summed E-state index contributed by atoms with van der Waals surface area (Å²) in [6.07, 6.45) is 2.27. The van der Waals surface area contributed by atoms with Gasteiger partial charge in [0.25, 0.3) is 0 Å². The SMILES string of the molecule is Ic1ccc2[nH]c3c(c2c1)-c1ccccc1CC3. The number of nitrogens with one attached hydrogen (secondary N) is 1. The van der Waals surface area contributed by atoms with Gasteiger partial charge in [-0.15, -0.1) is 0 Å². The minimum Gasteiger partial charge on any atom is -0.358 e. The molecule has 0 amide bonds. The Labute approximate surface area is 119 Å². The van der Waals surface area contributed by atoms with Crippen LogP contribution in [0.25, 0.3) is 22.0 Å². The van der Waals surface area contributed by atoms with Gasteiger partial charge in [-0.1, -0.05) is 24.3 Å². The molecule has 88 valence electrons. The normalized spacial score (nSPS) is 13.4. The molecule has 0 saturated carbocycles. The Morgan fingerprint density at radius 2 is 1.89 bits per heavy atom. The molecule has 1 N–H and O–H groups in total. The Kier molecular flexibility index (Phi) is 2.27. The lowest BCUT2D eigenvalue weighted by Gasteiger charge is -2.16. The van der Waals surface area contributed by atoms with Crippen LogP contribution < -0.4 is 0 Å². The highest BCUT2D eigenvalue weighted by atomic mass is 127. The number of hydrogen-bond acceptors (Lipinski definition) is 0. The molecule has 1 nitrogen and oxygen atoms in total. The van der Waals surface area contributed by atoms with Crippen molar-refractivity contribution in [1.82, 2.24) is 4.98 Å². The molecule has 18 heavy (non-hydrogen) atoms. The van der Waals surface area contributed by atoms with Crippen molar-refractivity contribution in [3.05, 3.63) is 57.3 Å². The zero-order chi connectivity index (χ0) is 12.1. The van der Waals surface area contributed by atoms with Crippen LogP contribution in [-0.4, -0.2) is 4.98 Å². The number of aromatic nitrogens is 1. The number of halogens is 1. The fourth-order valence-electron chi connectivity index (χ4n) is 2.96. The van der Waals surface area contributed by atoms with Gasteiger partial charge in [0, 0.05) is 25.7 Å². The molecule has 0 radical (unpaired) electrons. The second kappa shape index (κ2) is 3.85. The molecule has 0 atom stereocenters. The van der Waals surface area contributed by atoms with Gasteiger partial charge in [-0.2, -0.15) is 0 Å². The third kappa shape index (κ3) is 1.45. The van der Waals surface area contributed by atoms with Crippen LogP contribution in [0.2, 0.25) is 0 Å². The number of benzene rings is 2. The smallest absolute Gasteiger partial charge is 0.0463 e. The van der Waals surface area contributed by atoms with Gasteiger partial charge in [-0.25, -0.2) is 0 Å². The van der Waals surface area contributed by atoms with E-state index in [2.05, 4.69) is 70.0 Å². The van der Waals surface area contributed by atoms with Crippen LogP contribution in [0.5, 0.6) is 0 Å². The van der Waals surface area contributed by atoms with Crippen LogP contribution in [0, 0.1) is 3.57 Å². The van der Waals surface area contributed by atoms with Crippen LogP contribution in [-0.2, 0) is 12.8 Å². The fourth-order valence-corrected chi connectivity index (χ4v) is 3.45. The van der Waals surface area contributed by atoms with Crippen molar-refractivity contribution in [2.24, 2.45) is 0 Å². The lowest BCUT2D eigenvalue weighted by atomic mass is 9.88. The molecule has 2 aromatic carbocycles. The number of H-pyrrole nitrogens is 1. The number of hydrogen-bond donors (Lipinski definition) is 1. The van der Waals surface area contributed by atoms with Crippen molar-refractivity contribution in [3.63, 3.8) is 0 Å². The van der Waals surface area contributed by atoms with Crippen molar-refractivity contribution in [3.8, 4) is 11.1 Å². The maximum absolute atomic E-state index is 3.58. The Hall–Kier alpha value is -1.29. The largest absolute Gasteiger partial charge is 0.358 e. The third-order valence-electron chi connectivity index (χ3n) is 3.77. The number of rotatable bonds is 0. The van der Waals surface area contributed by atoms with Crippen LogP contribution in [0.4, 0.5) is 0 Å². The second-order valence-electron chi connectivity index (χ2n) is 4.83. The van der Waals surface area contributed by atoms with E-state index in [-0.39, 0.29) is 0 Å². The monoisotopic (exact) mass is 345 g/mol. The molecule has 1 heterocycles. The summed E-state index contributed by atoms with van der Waals surface area (Å²) in [6.45, 7) is 0. The maximum atomic E-state index is 3.58. The molecule has 0 saturated heterocycles. The van der Waals surface area contributed by atoms with E-state index in [0.29, 0.717) is 0 Å². The first-order chi connectivity index (χ1) is 8.83. The van der Waals surface area contributed by atoms with Crippen LogP contribution in [0.1, 0.15) is 11.3 Å². The van der Waals surface area contributed by atoms with Crippen molar-refractivity contribution < 1.29 is 0 Å². The summed E-state index contributed by atoms with van der Waals surface area (Å²) in [5, 5.41) is 1.36. The molecule has 2 heteroatoms. The first kappa shape index (κ1) is 10.6. The molecule has 0 aliphatic heterocycles. The second-order valence-corrected chi connectivity index (χ2v) is 6.07. The topological polar surface area (TPSA) is 15.8 Å². The summed E-state index contributed by atoms with van der Waals surface area (Å²) in [7, 11) is 0. The summed E-state index contributed by atoms with van der Waals surface area (Å²) in [4.78, 5) is 3.58. The summed E-state index contributed by atoms with van der Waals surface area (Å²) in [5.41, 5.74) is 6.96. The van der Waals surface area contributed by atoms with Gasteiger partial charge in [0.15, 0.2) is 0 Å². The summed E-state index contributed by atoms with van der Waals surface area (Å²) in [6, 6.07) is 15.4. The van der Waals surface area contributed by atoms with Gasteiger partial charge >= 0.3 is 0 Å². The highest BCUT2D eigenvalue weighted by Crippen LogP contribution is 2.39. The van der Waals surface area contributed by atoms with Crippen LogP contribution in [0.15, 0.2) is 42.5 Å². The van der Waals surface area contributed by atoms with Gasteiger partial charge in [-0.3, -0.25) is 0 Å². The van der Waals surface area contributed by atoms with Crippen LogP contribution >= 0.6 is 22.6 Å². The van der Waals surface area contributed by atoms with E-state index < -0.39 is 0 Å². The van der Waals surface area contributed by atoms with E-state index in [1.807, 2.05) is 0 Å². The average Bonchev–Trinajstić information content (AvgIpc) is 2.77. The van der Waals surface area contributed by atoms with E-state index in [0.717, 1.165) is 12.8 Å². The highest BCUT2D eigenvalue weighted by molar-refractivity contribution is 14.1. The molecule has 1 aromatic heterocycles. The first-order valence-corrected chi connectivity index (χ1v) is 7.29. The zero-order valence-electron chi connectivity index (χ0n) is 9.83. The number of fused-ring (bicyclic) bond motifs is 5. The molecular weight excluding hydrogens is 333 g/mol. The molecule has 0 spiro atoms. The minimum atomic E-state index is 1.12. The van der Waals surface area contributed by atoms with Gasteiger partial charge in [0.2, 0.25) is 0 Å². The lowest BCUT2D eigenvalue weighted by molar-refractivity contribution is 0.914. The van der Waals surface area contributed by atoms with E-state index in [1.165, 1.54) is 36.9 Å². The van der Waals surface area contributed by atoms with Crippen molar-refractivity contribution in [2.75, 3.05) is 0 Å². The van der Waals surface area contributed by atoms with E-state index in [1.54, 1.807) is 0 Å². The average molecular weight is 345 g/mol. The first-order valence-electron chi connectivity index (χ1n) is 6.21. The number of aromatic amines is 1. The molecular formula is C16H12IN. The minimum absolute atomic E-state index is 1.12. The summed E-state index contributed by atoms with van der Waals surface area (Å²) in [5.74, 6) is 0. The Bertz CT molecular complexity index is 755. The lowest BCUT2D eigenvalue weighted by Crippen LogP contribution is -2.02. The quantitative estimate of drug-likeness (QED) is 0.576. The maximum Gasteiger partial charge on any atom is 0.0463 e. The third-order valence-corrected chi connectivity index (χ3v) is 4.44. The Balaban J connectivity index is 2.13. The van der Waals surface area contributed by atoms with Gasteiger partial charge in [0.05, 0.1) is 0 Å². The Morgan fingerprint density at radius 3 is 2.83 bits per heavy atom.